The van der Waals surface area contributed by atoms with E-state index in [4.69, 9.17) is 38.3 Å². The van der Waals surface area contributed by atoms with Crippen LogP contribution in [0.25, 0.3) is 0 Å². The Morgan fingerprint density at radius 3 is 1.64 bits per heavy atom. The van der Waals surface area contributed by atoms with Crippen LogP contribution in [0, 0.1) is 0 Å². The Hall–Kier alpha value is -3.95. The number of rotatable bonds is 3. The monoisotopic (exact) mass is 348 g/mol. The molecule has 0 radical (unpaired) electrons. The molecule has 25 heavy (non-hydrogen) atoms. The van der Waals surface area contributed by atoms with Crippen LogP contribution in [0.4, 0.5) is 22.7 Å². The zero-order valence-electron chi connectivity index (χ0n) is 12.8. The predicted octanol–water partition coefficient (Wildman–Crippen LogP) is 0.797. The molecule has 11 N–H and O–H groups in total. The molecule has 0 heterocycles. The summed E-state index contributed by atoms with van der Waals surface area (Å²) in [5, 5.41) is 25.9. The van der Waals surface area contributed by atoms with Gasteiger partial charge in [0.05, 0.1) is 28.1 Å². The molecule has 0 unspecified atom stereocenters. The van der Waals surface area contributed by atoms with Gasteiger partial charge in [-0.15, -0.1) is 0 Å². The van der Waals surface area contributed by atoms with Gasteiger partial charge in [-0.05, 0) is 30.3 Å². The largest absolute Gasteiger partial charge is 0.478 e. The predicted molar refractivity (Wildman–Crippen MR) is 91.4 cm³/mol. The average Bonchev–Trinajstić information content (AvgIpc) is 2.52. The number of nitrogen functional groups attached to an aromatic ring is 4. The Morgan fingerprint density at radius 1 is 0.680 bits per heavy atom. The minimum atomic E-state index is -1.41. The van der Waals surface area contributed by atoms with Crippen LogP contribution < -0.4 is 22.9 Å². The van der Waals surface area contributed by atoms with E-state index in [-0.39, 0.29) is 28.2 Å². The Kier molecular flexibility index (Phi) is 5.77. The van der Waals surface area contributed by atoms with E-state index in [9.17, 15) is 14.4 Å². The number of carboxylic acids is 3. The van der Waals surface area contributed by atoms with Crippen molar-refractivity contribution in [2.24, 2.45) is 0 Å². The molecule has 0 aromatic heterocycles. The summed E-state index contributed by atoms with van der Waals surface area (Å²) < 4.78 is 0. The molecule has 0 atom stereocenters. The minimum Gasteiger partial charge on any atom is -0.478 e. The fourth-order valence-corrected chi connectivity index (χ4v) is 1.80. The van der Waals surface area contributed by atoms with E-state index in [1.165, 1.54) is 18.2 Å². The van der Waals surface area contributed by atoms with Crippen LogP contribution in [0.15, 0.2) is 30.3 Å². The van der Waals surface area contributed by atoms with Gasteiger partial charge in [0.2, 0.25) is 0 Å². The smallest absolute Gasteiger partial charge is 0.338 e. The van der Waals surface area contributed by atoms with Gasteiger partial charge >= 0.3 is 17.9 Å². The number of nitrogens with two attached hydrogens (primary N) is 4. The van der Waals surface area contributed by atoms with E-state index in [0.717, 1.165) is 6.07 Å². The van der Waals surface area contributed by atoms with E-state index in [1.54, 1.807) is 6.07 Å². The number of benzene rings is 2. The first-order valence-electron chi connectivity index (χ1n) is 6.59. The van der Waals surface area contributed by atoms with Gasteiger partial charge < -0.3 is 38.3 Å². The summed E-state index contributed by atoms with van der Waals surface area (Å²) in [7, 11) is 0. The second-order valence-electron chi connectivity index (χ2n) is 4.75. The molecule has 2 aromatic rings. The Bertz CT molecular complexity index is 850. The molecule has 2 rings (SSSR count). The first-order valence-corrected chi connectivity index (χ1v) is 6.59. The third-order valence-corrected chi connectivity index (χ3v) is 3.03. The van der Waals surface area contributed by atoms with Gasteiger partial charge in [-0.1, -0.05) is 0 Å². The Balaban J connectivity index is 0.000000257. The van der Waals surface area contributed by atoms with Gasteiger partial charge in [0.15, 0.2) is 0 Å². The van der Waals surface area contributed by atoms with Crippen molar-refractivity contribution in [3.05, 3.63) is 47.0 Å². The van der Waals surface area contributed by atoms with Gasteiger partial charge in [-0.25, -0.2) is 14.4 Å². The van der Waals surface area contributed by atoms with Gasteiger partial charge in [0, 0.05) is 11.4 Å². The maximum atomic E-state index is 10.7. The van der Waals surface area contributed by atoms with Crippen LogP contribution in [0.1, 0.15) is 31.1 Å². The van der Waals surface area contributed by atoms with Crippen molar-refractivity contribution in [3.63, 3.8) is 0 Å². The molecule has 0 fully saturated rings. The number of anilines is 4. The molecular formula is C15H16N4O6. The van der Waals surface area contributed by atoms with Gasteiger partial charge in [0.25, 0.3) is 0 Å². The highest BCUT2D eigenvalue weighted by Crippen LogP contribution is 2.23. The maximum absolute atomic E-state index is 10.7. The third-order valence-electron chi connectivity index (χ3n) is 3.03. The van der Waals surface area contributed by atoms with Crippen LogP contribution >= 0.6 is 0 Å². The van der Waals surface area contributed by atoms with E-state index in [1.807, 2.05) is 0 Å². The molecule has 10 heteroatoms. The normalized spacial score (nSPS) is 9.60. The molecule has 0 aliphatic rings. The van der Waals surface area contributed by atoms with E-state index < -0.39 is 23.5 Å². The molecule has 0 amide bonds. The van der Waals surface area contributed by atoms with Crippen molar-refractivity contribution >= 4 is 40.7 Å². The van der Waals surface area contributed by atoms with E-state index in [0.29, 0.717) is 5.69 Å². The van der Waals surface area contributed by atoms with Crippen LogP contribution in [0.5, 0.6) is 0 Å². The van der Waals surface area contributed by atoms with Crippen LogP contribution in [-0.2, 0) is 0 Å². The molecule has 10 nitrogen and oxygen atoms in total. The lowest BCUT2D eigenvalue weighted by atomic mass is 10.0. The minimum absolute atomic E-state index is 0.0463. The van der Waals surface area contributed by atoms with Gasteiger partial charge in [-0.2, -0.15) is 0 Å². The summed E-state index contributed by atoms with van der Waals surface area (Å²) in [5.74, 6) is -3.82. The molecular weight excluding hydrogens is 332 g/mol. The standard InChI is InChI=1S/C8H8N2O4.C7H8N2O2/c9-4-2-1-3(7(11)12)5(6(4)10)8(13)14;8-4-1-2-6(9)5(3-4)7(10)11/h1-2H,9-10H2,(H,11,12)(H,13,14);1-3H,8-9H2,(H,10,11). The molecule has 132 valence electrons. The van der Waals surface area contributed by atoms with Crippen LogP contribution in [0.3, 0.4) is 0 Å². The highest BCUT2D eigenvalue weighted by molar-refractivity contribution is 6.07. The number of carboxylic acid groups (broad SMARTS) is 3. The molecule has 0 aliphatic heterocycles. The molecule has 0 aliphatic carbocycles. The van der Waals surface area contributed by atoms with Crippen LogP contribution in [-0.4, -0.2) is 33.2 Å². The highest BCUT2D eigenvalue weighted by Gasteiger charge is 2.20. The molecule has 2 aromatic carbocycles. The maximum Gasteiger partial charge on any atom is 0.338 e. The lowest BCUT2D eigenvalue weighted by Crippen LogP contribution is -2.12. The summed E-state index contributed by atoms with van der Waals surface area (Å²) in [5.41, 5.74) is 21.1. The van der Waals surface area contributed by atoms with E-state index in [2.05, 4.69) is 0 Å². The van der Waals surface area contributed by atoms with Crippen molar-refractivity contribution in [2.45, 2.75) is 0 Å². The summed E-state index contributed by atoms with van der Waals surface area (Å²) in [6, 6.07) is 6.72. The topological polar surface area (TPSA) is 216 Å². The Labute approximate surface area is 141 Å². The lowest BCUT2D eigenvalue weighted by molar-refractivity contribution is 0.0652. The summed E-state index contributed by atoms with van der Waals surface area (Å²) in [4.78, 5) is 31.8. The quantitative estimate of drug-likeness (QED) is 0.387. The SMILES string of the molecule is Nc1ccc(C(=O)O)c(C(=O)O)c1N.Nc1ccc(N)c(C(=O)O)c1. The van der Waals surface area contributed by atoms with Crippen LogP contribution in [0.2, 0.25) is 0 Å². The third kappa shape index (κ3) is 4.51. The van der Waals surface area contributed by atoms with Crippen molar-refractivity contribution < 1.29 is 29.7 Å². The molecule has 0 saturated carbocycles. The first kappa shape index (κ1) is 19.1. The lowest BCUT2D eigenvalue weighted by Gasteiger charge is -2.07. The van der Waals surface area contributed by atoms with Crippen molar-refractivity contribution in [1.82, 2.24) is 0 Å². The average molecular weight is 348 g/mol. The van der Waals surface area contributed by atoms with Crippen molar-refractivity contribution in [3.8, 4) is 0 Å². The second kappa shape index (κ2) is 7.55. The van der Waals surface area contributed by atoms with Gasteiger partial charge in [0.1, 0.15) is 0 Å². The summed E-state index contributed by atoms with van der Waals surface area (Å²) >= 11 is 0. The molecule has 0 spiro atoms. The molecule has 0 bridgehead atoms. The second-order valence-corrected chi connectivity index (χ2v) is 4.75. The zero-order valence-corrected chi connectivity index (χ0v) is 12.8. The van der Waals surface area contributed by atoms with Crippen molar-refractivity contribution in [1.29, 1.82) is 0 Å². The highest BCUT2D eigenvalue weighted by atomic mass is 16.4. The van der Waals surface area contributed by atoms with E-state index >= 15 is 0 Å². The fourth-order valence-electron chi connectivity index (χ4n) is 1.80. The molecule has 0 saturated heterocycles. The number of carbonyl (C=O) groups is 3. The summed E-state index contributed by atoms with van der Waals surface area (Å²) in [6.45, 7) is 0. The van der Waals surface area contributed by atoms with Gasteiger partial charge in [-0.3, -0.25) is 0 Å². The number of hydrogen-bond acceptors (Lipinski definition) is 7. The summed E-state index contributed by atoms with van der Waals surface area (Å²) in [6.07, 6.45) is 0. The fraction of sp³-hybridized carbons (Fsp3) is 0. The number of aromatic carboxylic acids is 3. The number of hydrogen-bond donors (Lipinski definition) is 7. The van der Waals surface area contributed by atoms with Crippen molar-refractivity contribution in [2.75, 3.05) is 22.9 Å². The zero-order chi connectivity index (χ0) is 19.3. The first-order chi connectivity index (χ1) is 11.6. The Morgan fingerprint density at radius 2 is 1.20 bits per heavy atom.